The van der Waals surface area contributed by atoms with Crippen LogP contribution in [0.15, 0.2) is 48.5 Å². The number of esters is 1. The summed E-state index contributed by atoms with van der Waals surface area (Å²) in [7, 11) is 0. The van der Waals surface area contributed by atoms with Crippen LogP contribution in [0, 0.1) is 10.1 Å². The molecule has 2 amide bonds. The Morgan fingerprint density at radius 2 is 1.50 bits per heavy atom. The van der Waals surface area contributed by atoms with Gasteiger partial charge in [-0.2, -0.15) is 0 Å². The van der Waals surface area contributed by atoms with Crippen LogP contribution in [0.25, 0.3) is 0 Å². The number of carbonyl (C=O) groups is 3. The maximum Gasteiger partial charge on any atom is 0.340 e. The zero-order valence-electron chi connectivity index (χ0n) is 13.7. The summed E-state index contributed by atoms with van der Waals surface area (Å²) >= 11 is 0. The molecule has 0 aliphatic rings. The van der Waals surface area contributed by atoms with Crippen LogP contribution in [0.5, 0.6) is 0 Å². The molecule has 0 aliphatic heterocycles. The van der Waals surface area contributed by atoms with Gasteiger partial charge in [-0.25, -0.2) is 4.79 Å². The summed E-state index contributed by atoms with van der Waals surface area (Å²) in [5, 5.41) is 15.4. The van der Waals surface area contributed by atoms with Crippen molar-refractivity contribution in [1.82, 2.24) is 0 Å². The number of hydrogen-bond acceptors (Lipinski definition) is 6. The Hall–Kier alpha value is -3.75. The molecule has 134 valence electrons. The van der Waals surface area contributed by atoms with Crippen molar-refractivity contribution < 1.29 is 24.0 Å². The molecule has 9 nitrogen and oxygen atoms in total. The maximum atomic E-state index is 12.1. The Kier molecular flexibility index (Phi) is 5.99. The number of nitro groups is 1. The molecule has 9 heteroatoms. The van der Waals surface area contributed by atoms with Crippen LogP contribution in [0.4, 0.5) is 17.1 Å². The Labute approximate surface area is 148 Å². The van der Waals surface area contributed by atoms with E-state index in [9.17, 15) is 24.5 Å². The molecule has 26 heavy (non-hydrogen) atoms. The topological polar surface area (TPSA) is 128 Å². The zero-order valence-corrected chi connectivity index (χ0v) is 13.7. The summed E-state index contributed by atoms with van der Waals surface area (Å²) < 4.78 is 4.88. The number of nitrogens with zero attached hydrogens (tertiary/aromatic N) is 1. The molecule has 0 saturated carbocycles. The maximum absolute atomic E-state index is 12.1. The molecule has 2 N–H and O–H groups in total. The molecule has 0 radical (unpaired) electrons. The van der Waals surface area contributed by atoms with E-state index in [1.807, 2.05) is 0 Å². The summed E-state index contributed by atoms with van der Waals surface area (Å²) in [4.78, 5) is 46.3. The molecule has 0 unspecified atom stereocenters. The molecule has 2 aromatic rings. The Balaban J connectivity index is 2.15. The van der Waals surface area contributed by atoms with E-state index >= 15 is 0 Å². The van der Waals surface area contributed by atoms with E-state index in [0.717, 1.165) is 0 Å². The molecular formula is C17H15N3O6. The van der Waals surface area contributed by atoms with Gasteiger partial charge in [-0.05, 0) is 25.1 Å². The predicted octanol–water partition coefficient (Wildman–Crippen LogP) is 2.35. The zero-order chi connectivity index (χ0) is 19.1. The molecular weight excluding hydrogens is 342 g/mol. The fourth-order valence-electron chi connectivity index (χ4n) is 2.08. The van der Waals surface area contributed by atoms with Gasteiger partial charge in [0.1, 0.15) is 5.69 Å². The highest BCUT2D eigenvalue weighted by Gasteiger charge is 2.21. The third kappa shape index (κ3) is 4.41. The lowest BCUT2D eigenvalue weighted by atomic mass is 10.2. The molecule has 0 heterocycles. The number of carbonyl (C=O) groups excluding carboxylic acids is 3. The first kappa shape index (κ1) is 18.6. The fourth-order valence-corrected chi connectivity index (χ4v) is 2.08. The second-order valence-electron chi connectivity index (χ2n) is 4.95. The Morgan fingerprint density at radius 3 is 2.12 bits per heavy atom. The first-order valence-electron chi connectivity index (χ1n) is 7.56. The van der Waals surface area contributed by atoms with E-state index in [2.05, 4.69) is 10.6 Å². The van der Waals surface area contributed by atoms with Gasteiger partial charge in [-0.3, -0.25) is 19.7 Å². The smallest absolute Gasteiger partial charge is 0.340 e. The monoisotopic (exact) mass is 357 g/mol. The van der Waals surface area contributed by atoms with Crippen molar-refractivity contribution >= 4 is 34.8 Å². The van der Waals surface area contributed by atoms with Crippen molar-refractivity contribution in [2.45, 2.75) is 6.92 Å². The van der Waals surface area contributed by atoms with E-state index < -0.39 is 22.7 Å². The van der Waals surface area contributed by atoms with Gasteiger partial charge in [0.15, 0.2) is 0 Å². The number of benzene rings is 2. The molecule has 2 aromatic carbocycles. The summed E-state index contributed by atoms with van der Waals surface area (Å²) in [5.74, 6) is -2.85. The second kappa shape index (κ2) is 8.38. The van der Waals surface area contributed by atoms with Crippen molar-refractivity contribution in [2.24, 2.45) is 0 Å². The first-order valence-corrected chi connectivity index (χ1v) is 7.56. The molecule has 2 rings (SSSR count). The van der Waals surface area contributed by atoms with Gasteiger partial charge >= 0.3 is 17.8 Å². The van der Waals surface area contributed by atoms with Gasteiger partial charge in [0, 0.05) is 6.07 Å². The lowest BCUT2D eigenvalue weighted by Gasteiger charge is -2.10. The average Bonchev–Trinajstić information content (AvgIpc) is 2.62. The van der Waals surface area contributed by atoms with Gasteiger partial charge in [0.2, 0.25) is 0 Å². The van der Waals surface area contributed by atoms with Crippen LogP contribution in [-0.2, 0) is 14.3 Å². The molecule has 0 aliphatic carbocycles. The molecule has 0 atom stereocenters. The largest absolute Gasteiger partial charge is 0.462 e. The van der Waals surface area contributed by atoms with Crippen molar-refractivity contribution in [2.75, 3.05) is 17.2 Å². The van der Waals surface area contributed by atoms with Gasteiger partial charge in [-0.15, -0.1) is 0 Å². The quantitative estimate of drug-likeness (QED) is 0.366. The minimum absolute atomic E-state index is 0.0844. The van der Waals surface area contributed by atoms with E-state index in [1.165, 1.54) is 36.4 Å². The van der Waals surface area contributed by atoms with Crippen LogP contribution < -0.4 is 10.6 Å². The number of anilines is 2. The number of ether oxygens (including phenoxy) is 1. The van der Waals surface area contributed by atoms with Crippen LogP contribution >= 0.6 is 0 Å². The van der Waals surface area contributed by atoms with E-state index in [4.69, 9.17) is 4.74 Å². The van der Waals surface area contributed by atoms with Crippen molar-refractivity contribution in [3.8, 4) is 0 Å². The first-order chi connectivity index (χ1) is 12.4. The predicted molar refractivity (Wildman–Crippen MR) is 92.8 cm³/mol. The molecule has 0 bridgehead atoms. The van der Waals surface area contributed by atoms with Crippen LogP contribution in [0.1, 0.15) is 17.3 Å². The number of hydrogen-bond donors (Lipinski definition) is 2. The number of nitro benzene ring substituents is 1. The number of nitrogens with one attached hydrogen (secondary N) is 2. The summed E-state index contributed by atoms with van der Waals surface area (Å²) in [6, 6.07) is 11.4. The fraction of sp³-hybridized carbons (Fsp3) is 0.118. The van der Waals surface area contributed by atoms with Gasteiger partial charge < -0.3 is 15.4 Å². The highest BCUT2D eigenvalue weighted by Crippen LogP contribution is 2.23. The minimum atomic E-state index is -1.11. The van der Waals surface area contributed by atoms with Crippen LogP contribution in [0.2, 0.25) is 0 Å². The highest BCUT2D eigenvalue weighted by molar-refractivity contribution is 6.44. The Bertz CT molecular complexity index is 865. The summed E-state index contributed by atoms with van der Waals surface area (Å²) in [6.45, 7) is 1.79. The molecule has 0 saturated heterocycles. The lowest BCUT2D eigenvalue weighted by Crippen LogP contribution is -2.30. The third-order valence-corrected chi connectivity index (χ3v) is 3.23. The summed E-state index contributed by atoms with van der Waals surface area (Å²) in [6.07, 6.45) is 0. The van der Waals surface area contributed by atoms with Crippen LogP contribution in [0.3, 0.4) is 0 Å². The number of rotatable bonds is 5. The third-order valence-electron chi connectivity index (χ3n) is 3.23. The molecule has 0 spiro atoms. The lowest BCUT2D eigenvalue weighted by molar-refractivity contribution is -0.383. The van der Waals surface area contributed by atoms with E-state index in [0.29, 0.717) is 0 Å². The van der Waals surface area contributed by atoms with Gasteiger partial charge in [0.25, 0.3) is 5.69 Å². The van der Waals surface area contributed by atoms with E-state index in [1.54, 1.807) is 19.1 Å². The van der Waals surface area contributed by atoms with E-state index in [-0.39, 0.29) is 29.2 Å². The van der Waals surface area contributed by atoms with Crippen molar-refractivity contribution in [3.63, 3.8) is 0 Å². The molecule has 0 fully saturated rings. The van der Waals surface area contributed by atoms with Gasteiger partial charge in [0.05, 0.1) is 22.8 Å². The SMILES string of the molecule is CCOC(=O)c1ccccc1NC(=O)C(=O)Nc1ccccc1[N+](=O)[O-]. The standard InChI is InChI=1S/C17H15N3O6/c1-2-26-17(23)11-7-3-4-8-12(11)18-15(21)16(22)19-13-9-5-6-10-14(13)20(24)25/h3-10H,2H2,1H3,(H,18,21)(H,19,22). The summed E-state index contributed by atoms with van der Waals surface area (Å²) in [5.41, 5.74) is -0.285. The number of para-hydroxylation sites is 3. The molecule has 0 aromatic heterocycles. The highest BCUT2D eigenvalue weighted by atomic mass is 16.6. The van der Waals surface area contributed by atoms with Crippen molar-refractivity contribution in [3.05, 3.63) is 64.2 Å². The minimum Gasteiger partial charge on any atom is -0.462 e. The van der Waals surface area contributed by atoms with Crippen molar-refractivity contribution in [1.29, 1.82) is 0 Å². The average molecular weight is 357 g/mol. The van der Waals surface area contributed by atoms with Crippen LogP contribution in [-0.4, -0.2) is 29.3 Å². The normalized spacial score (nSPS) is 9.88. The van der Waals surface area contributed by atoms with Gasteiger partial charge in [-0.1, -0.05) is 24.3 Å². The second-order valence-corrected chi connectivity index (χ2v) is 4.95. The Morgan fingerprint density at radius 1 is 0.962 bits per heavy atom. The number of amides is 2.